The zero-order valence-corrected chi connectivity index (χ0v) is 15.0. The van der Waals surface area contributed by atoms with E-state index in [0.717, 1.165) is 15.5 Å². The molecule has 2 aromatic rings. The van der Waals surface area contributed by atoms with E-state index in [1.807, 2.05) is 13.8 Å². The number of nitrogens with zero attached hydrogens (tertiary/aromatic N) is 3. The lowest BCUT2D eigenvalue weighted by Gasteiger charge is -2.22. The predicted octanol–water partition coefficient (Wildman–Crippen LogP) is 3.44. The van der Waals surface area contributed by atoms with E-state index in [-0.39, 0.29) is 12.3 Å². The molecule has 0 fully saturated rings. The Morgan fingerprint density at radius 2 is 1.95 bits per heavy atom. The summed E-state index contributed by atoms with van der Waals surface area (Å²) in [5, 5.41) is 4.18. The van der Waals surface area contributed by atoms with E-state index in [9.17, 15) is 4.57 Å². The molecule has 2 aromatic heterocycles. The van der Waals surface area contributed by atoms with Crippen molar-refractivity contribution in [3.8, 4) is 0 Å². The normalized spacial score (nSPS) is 13.8. The van der Waals surface area contributed by atoms with Crippen LogP contribution >= 0.6 is 18.9 Å². The van der Waals surface area contributed by atoms with Crippen molar-refractivity contribution in [1.82, 2.24) is 14.6 Å². The molecule has 1 atom stereocenters. The predicted molar refractivity (Wildman–Crippen MR) is 85.7 cm³/mol. The number of aryl methyl sites for hydroxylation is 1. The van der Waals surface area contributed by atoms with Crippen LogP contribution in [0, 0.1) is 6.92 Å². The second-order valence-electron chi connectivity index (χ2n) is 4.58. The van der Waals surface area contributed by atoms with Crippen LogP contribution in [0.2, 0.25) is 0 Å². The molecule has 1 unspecified atom stereocenters. The average molecular weight is 347 g/mol. The van der Waals surface area contributed by atoms with Crippen LogP contribution in [0.1, 0.15) is 37.4 Å². The molecule has 124 valence electrons. The van der Waals surface area contributed by atoms with Crippen LogP contribution in [0.3, 0.4) is 0 Å². The average Bonchev–Trinajstić information content (AvgIpc) is 3.02. The molecule has 0 saturated carbocycles. The van der Waals surface area contributed by atoms with Crippen molar-refractivity contribution >= 4 is 23.9 Å². The molecule has 0 N–H and O–H groups in total. The number of thiazole rings is 1. The number of rotatable bonds is 9. The summed E-state index contributed by atoms with van der Waals surface area (Å²) < 4.78 is 31.1. The van der Waals surface area contributed by atoms with Gasteiger partial charge in [0.1, 0.15) is 12.4 Å². The van der Waals surface area contributed by atoms with Gasteiger partial charge in [-0.2, -0.15) is 5.10 Å². The lowest BCUT2D eigenvalue weighted by atomic mass is 10.3. The summed E-state index contributed by atoms with van der Waals surface area (Å²) in [6.07, 6.45) is 1.35. The molecule has 9 heteroatoms. The Labute approximate surface area is 134 Å². The Morgan fingerprint density at radius 1 is 1.27 bits per heavy atom. The minimum absolute atomic E-state index is 0.188. The molecule has 0 aromatic carbocycles. The summed E-state index contributed by atoms with van der Waals surface area (Å²) >= 11 is 1.49. The Bertz CT molecular complexity index is 647. The van der Waals surface area contributed by atoms with Crippen molar-refractivity contribution in [2.75, 3.05) is 26.0 Å². The van der Waals surface area contributed by atoms with Gasteiger partial charge < -0.3 is 13.8 Å². The quantitative estimate of drug-likeness (QED) is 0.647. The van der Waals surface area contributed by atoms with Gasteiger partial charge in [0, 0.05) is 6.61 Å². The highest BCUT2D eigenvalue weighted by molar-refractivity contribution is 7.53. The maximum absolute atomic E-state index is 12.8. The Hall–Kier alpha value is -0.790. The van der Waals surface area contributed by atoms with Gasteiger partial charge in [-0.15, -0.1) is 0 Å². The summed E-state index contributed by atoms with van der Waals surface area (Å²) in [4.78, 5) is 5.94. The maximum atomic E-state index is 12.8. The third kappa shape index (κ3) is 3.75. The van der Waals surface area contributed by atoms with Crippen LogP contribution < -0.4 is 0 Å². The van der Waals surface area contributed by atoms with E-state index in [1.54, 1.807) is 18.4 Å². The van der Waals surface area contributed by atoms with Gasteiger partial charge in [0.2, 0.25) is 4.96 Å². The zero-order valence-electron chi connectivity index (χ0n) is 13.3. The molecule has 0 aliphatic rings. The second kappa shape index (κ2) is 7.66. The van der Waals surface area contributed by atoms with Crippen molar-refractivity contribution in [2.45, 2.75) is 33.8 Å². The third-order valence-corrected chi connectivity index (χ3v) is 6.41. The summed E-state index contributed by atoms with van der Waals surface area (Å²) in [5.74, 6) is 0. The molecule has 0 saturated heterocycles. The fourth-order valence-electron chi connectivity index (χ4n) is 2.26. The fourth-order valence-corrected chi connectivity index (χ4v) is 5.23. The van der Waals surface area contributed by atoms with Crippen molar-refractivity contribution in [3.63, 3.8) is 0 Å². The molecule has 22 heavy (non-hydrogen) atoms. The van der Waals surface area contributed by atoms with Gasteiger partial charge in [-0.1, -0.05) is 11.3 Å². The zero-order chi connectivity index (χ0) is 16.2. The van der Waals surface area contributed by atoms with Crippen molar-refractivity contribution in [1.29, 1.82) is 0 Å². The highest BCUT2D eigenvalue weighted by Gasteiger charge is 2.32. The van der Waals surface area contributed by atoms with E-state index in [4.69, 9.17) is 13.8 Å². The van der Waals surface area contributed by atoms with Gasteiger partial charge in [-0.05, 0) is 27.7 Å². The van der Waals surface area contributed by atoms with Crippen LogP contribution in [0.15, 0.2) is 6.33 Å². The standard InChI is InChI=1S/C13H22N3O4PS/c1-5-18-11(8-21(17,19-6-2)20-7-3)12-10(4)16-13(22-12)14-9-15-16/h9,11H,5-8H2,1-4H3. The van der Waals surface area contributed by atoms with E-state index < -0.39 is 7.60 Å². The highest BCUT2D eigenvalue weighted by atomic mass is 32.1. The van der Waals surface area contributed by atoms with E-state index in [0.29, 0.717) is 19.8 Å². The largest absolute Gasteiger partial charge is 0.372 e. The monoisotopic (exact) mass is 347 g/mol. The first-order valence-corrected chi connectivity index (χ1v) is 9.87. The first-order valence-electron chi connectivity index (χ1n) is 7.33. The molecule has 0 amide bonds. The second-order valence-corrected chi connectivity index (χ2v) is 7.69. The van der Waals surface area contributed by atoms with E-state index >= 15 is 0 Å². The number of fused-ring (bicyclic) bond motifs is 1. The molecule has 2 heterocycles. The van der Waals surface area contributed by atoms with Gasteiger partial charge in [-0.25, -0.2) is 9.50 Å². The van der Waals surface area contributed by atoms with Crippen LogP contribution in [0.4, 0.5) is 0 Å². The van der Waals surface area contributed by atoms with Crippen molar-refractivity contribution < 1.29 is 18.3 Å². The number of aromatic nitrogens is 3. The number of ether oxygens (including phenoxy) is 1. The van der Waals surface area contributed by atoms with Gasteiger partial charge in [0.15, 0.2) is 0 Å². The van der Waals surface area contributed by atoms with Crippen molar-refractivity contribution in [3.05, 3.63) is 16.9 Å². The summed E-state index contributed by atoms with van der Waals surface area (Å²) in [5.41, 5.74) is 0.940. The van der Waals surface area contributed by atoms with Crippen LogP contribution in [0.5, 0.6) is 0 Å². The highest BCUT2D eigenvalue weighted by Crippen LogP contribution is 2.52. The fraction of sp³-hybridized carbons (Fsp3) is 0.692. The van der Waals surface area contributed by atoms with Crippen LogP contribution in [-0.4, -0.2) is 40.6 Å². The molecule has 0 radical (unpaired) electrons. The first kappa shape index (κ1) is 17.6. The van der Waals surface area contributed by atoms with Crippen molar-refractivity contribution in [2.24, 2.45) is 0 Å². The minimum Gasteiger partial charge on any atom is -0.372 e. The molecule has 0 aliphatic heterocycles. The molecule has 7 nitrogen and oxygen atoms in total. The van der Waals surface area contributed by atoms with Gasteiger partial charge >= 0.3 is 7.60 Å². The topological polar surface area (TPSA) is 75.0 Å². The van der Waals surface area contributed by atoms with Gasteiger partial charge in [0.05, 0.1) is 29.9 Å². The lowest BCUT2D eigenvalue weighted by molar-refractivity contribution is 0.0734. The van der Waals surface area contributed by atoms with Crippen LogP contribution in [0.25, 0.3) is 4.96 Å². The summed E-state index contributed by atoms with van der Waals surface area (Å²) in [6.45, 7) is 8.65. The Balaban J connectivity index is 2.30. The smallest absolute Gasteiger partial charge is 0.333 e. The van der Waals surface area contributed by atoms with E-state index in [1.165, 1.54) is 17.7 Å². The number of hydrogen-bond donors (Lipinski definition) is 0. The first-order chi connectivity index (χ1) is 10.5. The Kier molecular flexibility index (Phi) is 6.11. The molecule has 0 spiro atoms. The third-order valence-electron chi connectivity index (χ3n) is 3.09. The van der Waals surface area contributed by atoms with Gasteiger partial charge in [-0.3, -0.25) is 4.57 Å². The molecular weight excluding hydrogens is 325 g/mol. The SMILES string of the molecule is CCOC(CP(=O)(OCC)OCC)c1sc2ncnn2c1C. The van der Waals surface area contributed by atoms with Crippen LogP contribution in [-0.2, 0) is 18.3 Å². The van der Waals surface area contributed by atoms with Gasteiger partial charge in [0.25, 0.3) is 0 Å². The number of hydrogen-bond acceptors (Lipinski definition) is 7. The molecule has 0 aliphatic carbocycles. The molecular formula is C13H22N3O4PS. The summed E-state index contributed by atoms with van der Waals surface area (Å²) in [6, 6.07) is 0. The molecule has 0 bridgehead atoms. The Morgan fingerprint density at radius 3 is 2.50 bits per heavy atom. The maximum Gasteiger partial charge on any atom is 0.333 e. The lowest BCUT2D eigenvalue weighted by Crippen LogP contribution is -2.13. The summed E-state index contributed by atoms with van der Waals surface area (Å²) in [7, 11) is -3.18. The minimum atomic E-state index is -3.18. The molecule has 2 rings (SSSR count). The van der Waals surface area contributed by atoms with E-state index in [2.05, 4.69) is 10.1 Å².